The number of methoxy groups -OCH3 is 1. The number of hydrogen-bond donors (Lipinski definition) is 1. The van der Waals surface area contributed by atoms with Crippen LogP contribution in [0.4, 0.5) is 0 Å². The molecule has 2 rings (SSSR count). The molecule has 96 valence electrons. The Kier molecular flexibility index (Phi) is 3.67. The van der Waals surface area contributed by atoms with Crippen molar-refractivity contribution < 1.29 is 19.1 Å². The highest BCUT2D eigenvalue weighted by molar-refractivity contribution is 5.79. The molecule has 1 aromatic carbocycles. The van der Waals surface area contributed by atoms with Gasteiger partial charge in [0.15, 0.2) is 0 Å². The van der Waals surface area contributed by atoms with Gasteiger partial charge in [0.2, 0.25) is 0 Å². The van der Waals surface area contributed by atoms with Crippen LogP contribution in [0.15, 0.2) is 28.7 Å². The first-order chi connectivity index (χ1) is 8.63. The molecule has 18 heavy (non-hydrogen) atoms. The summed E-state index contributed by atoms with van der Waals surface area (Å²) in [6.07, 6.45) is 0.627. The van der Waals surface area contributed by atoms with Gasteiger partial charge in [0, 0.05) is 5.39 Å². The smallest absolute Gasteiger partial charge is 0.308 e. The average Bonchev–Trinajstić information content (AvgIpc) is 2.79. The van der Waals surface area contributed by atoms with Gasteiger partial charge in [-0.25, -0.2) is 0 Å². The molecule has 0 saturated heterocycles. The van der Waals surface area contributed by atoms with Crippen LogP contribution in [0, 0.1) is 5.92 Å². The second-order valence-electron chi connectivity index (χ2n) is 4.37. The Morgan fingerprint density at radius 2 is 2.22 bits per heavy atom. The number of aliphatic hydroxyl groups is 1. The molecule has 4 nitrogen and oxygen atoms in total. The molecular formula is C14H16O4. The van der Waals surface area contributed by atoms with Gasteiger partial charge < -0.3 is 14.3 Å². The van der Waals surface area contributed by atoms with Gasteiger partial charge >= 0.3 is 5.97 Å². The first-order valence-electron chi connectivity index (χ1n) is 5.84. The summed E-state index contributed by atoms with van der Waals surface area (Å²) in [5, 5.41) is 9.94. The molecule has 0 aliphatic carbocycles. The lowest BCUT2D eigenvalue weighted by molar-refractivity contribution is -0.144. The van der Waals surface area contributed by atoms with E-state index in [0.717, 1.165) is 16.5 Å². The Morgan fingerprint density at radius 3 is 2.89 bits per heavy atom. The number of furan rings is 1. The minimum absolute atomic E-state index is 0.109. The lowest BCUT2D eigenvalue weighted by Gasteiger charge is -2.08. The third kappa shape index (κ3) is 2.54. The minimum Gasteiger partial charge on any atom is -0.469 e. The highest BCUT2D eigenvalue weighted by Gasteiger charge is 2.14. The van der Waals surface area contributed by atoms with Crippen molar-refractivity contribution in [2.45, 2.75) is 20.0 Å². The molecule has 0 fully saturated rings. The number of aliphatic hydroxyl groups excluding tert-OH is 1. The first kappa shape index (κ1) is 12.6. The summed E-state index contributed by atoms with van der Waals surface area (Å²) in [4.78, 5) is 11.4. The van der Waals surface area contributed by atoms with E-state index in [4.69, 9.17) is 14.3 Å². The minimum atomic E-state index is -0.210. The van der Waals surface area contributed by atoms with E-state index in [1.54, 1.807) is 0 Å². The van der Waals surface area contributed by atoms with Crippen molar-refractivity contribution in [3.8, 4) is 0 Å². The summed E-state index contributed by atoms with van der Waals surface area (Å²) in [6, 6.07) is 7.55. The molecule has 1 heterocycles. The molecule has 0 spiro atoms. The molecule has 0 amide bonds. The summed E-state index contributed by atoms with van der Waals surface area (Å²) >= 11 is 0. The van der Waals surface area contributed by atoms with Gasteiger partial charge in [-0.05, 0) is 30.2 Å². The first-order valence-corrected chi connectivity index (χ1v) is 5.84. The second-order valence-corrected chi connectivity index (χ2v) is 4.37. The summed E-state index contributed by atoms with van der Waals surface area (Å²) in [7, 11) is 1.39. The Hall–Kier alpha value is -1.81. The molecular weight excluding hydrogens is 232 g/mol. The fourth-order valence-corrected chi connectivity index (χ4v) is 1.99. The Labute approximate surface area is 105 Å². The summed E-state index contributed by atoms with van der Waals surface area (Å²) in [5.41, 5.74) is 1.79. The van der Waals surface area contributed by atoms with Crippen molar-refractivity contribution in [2.75, 3.05) is 7.11 Å². The van der Waals surface area contributed by atoms with Gasteiger partial charge in [0.25, 0.3) is 0 Å². The van der Waals surface area contributed by atoms with Crippen LogP contribution in [0.5, 0.6) is 0 Å². The molecule has 0 unspecified atom stereocenters. The van der Waals surface area contributed by atoms with Gasteiger partial charge in [-0.15, -0.1) is 0 Å². The molecule has 0 aliphatic heterocycles. The quantitative estimate of drug-likeness (QED) is 0.843. The maximum Gasteiger partial charge on any atom is 0.308 e. The molecule has 1 atom stereocenters. The maximum absolute atomic E-state index is 11.4. The van der Waals surface area contributed by atoms with E-state index in [9.17, 15) is 4.79 Å². The van der Waals surface area contributed by atoms with Gasteiger partial charge in [-0.1, -0.05) is 13.0 Å². The van der Waals surface area contributed by atoms with Crippen molar-refractivity contribution in [1.29, 1.82) is 0 Å². The Balaban J connectivity index is 2.21. The van der Waals surface area contributed by atoms with Crippen LogP contribution in [-0.4, -0.2) is 18.2 Å². The van der Waals surface area contributed by atoms with Gasteiger partial charge in [0.05, 0.1) is 13.0 Å². The van der Waals surface area contributed by atoms with E-state index in [-0.39, 0.29) is 18.5 Å². The molecule has 0 aliphatic rings. The highest BCUT2D eigenvalue weighted by atomic mass is 16.5. The monoisotopic (exact) mass is 248 g/mol. The molecule has 0 bridgehead atoms. The van der Waals surface area contributed by atoms with Crippen LogP contribution < -0.4 is 0 Å². The van der Waals surface area contributed by atoms with E-state index in [1.807, 2.05) is 31.2 Å². The Bertz CT molecular complexity index is 556. The summed E-state index contributed by atoms with van der Waals surface area (Å²) < 4.78 is 10.1. The van der Waals surface area contributed by atoms with E-state index >= 15 is 0 Å². The molecule has 0 saturated carbocycles. The third-order valence-corrected chi connectivity index (χ3v) is 2.93. The number of benzene rings is 1. The second kappa shape index (κ2) is 5.23. The maximum atomic E-state index is 11.4. The van der Waals surface area contributed by atoms with Crippen LogP contribution in [0.2, 0.25) is 0 Å². The fourth-order valence-electron chi connectivity index (χ4n) is 1.99. The largest absolute Gasteiger partial charge is 0.469 e. The lowest BCUT2D eigenvalue weighted by Crippen LogP contribution is -2.14. The van der Waals surface area contributed by atoms with Crippen LogP contribution >= 0.6 is 0 Å². The lowest BCUT2D eigenvalue weighted by atomic mass is 10.0. The fraction of sp³-hybridized carbons (Fsp3) is 0.357. The predicted octanol–water partition coefficient (Wildman–Crippen LogP) is 2.28. The number of rotatable bonds is 4. The number of ether oxygens (including phenoxy) is 1. The standard InChI is InChI=1S/C14H16O4/c1-9(14(16)17-2)5-10-3-4-13-11(6-10)7-12(8-15)18-13/h3-4,6-7,9,15H,5,8H2,1-2H3/t9-/m0/s1. The number of fused-ring (bicyclic) bond motifs is 1. The van der Waals surface area contributed by atoms with Gasteiger partial charge in [0.1, 0.15) is 18.0 Å². The van der Waals surface area contributed by atoms with Crippen LogP contribution in [0.3, 0.4) is 0 Å². The predicted molar refractivity (Wildman–Crippen MR) is 67.0 cm³/mol. The zero-order chi connectivity index (χ0) is 13.1. The third-order valence-electron chi connectivity index (χ3n) is 2.93. The van der Waals surface area contributed by atoms with Crippen molar-refractivity contribution in [3.63, 3.8) is 0 Å². The van der Waals surface area contributed by atoms with E-state index in [2.05, 4.69) is 0 Å². The SMILES string of the molecule is COC(=O)[C@@H](C)Cc1ccc2oc(CO)cc2c1. The van der Waals surface area contributed by atoms with E-state index in [0.29, 0.717) is 12.2 Å². The van der Waals surface area contributed by atoms with Crippen molar-refractivity contribution in [2.24, 2.45) is 5.92 Å². The molecule has 1 N–H and O–H groups in total. The van der Waals surface area contributed by atoms with Crippen LogP contribution in [0.25, 0.3) is 11.0 Å². The zero-order valence-electron chi connectivity index (χ0n) is 10.5. The topological polar surface area (TPSA) is 59.7 Å². The van der Waals surface area contributed by atoms with Crippen LogP contribution in [0.1, 0.15) is 18.2 Å². The normalized spacial score (nSPS) is 12.6. The average molecular weight is 248 g/mol. The number of carbonyl (C=O) groups excluding carboxylic acids is 1. The van der Waals surface area contributed by atoms with E-state index in [1.165, 1.54) is 7.11 Å². The number of carbonyl (C=O) groups is 1. The summed E-state index contributed by atoms with van der Waals surface area (Å²) in [6.45, 7) is 1.73. The van der Waals surface area contributed by atoms with Gasteiger partial charge in [-0.2, -0.15) is 0 Å². The van der Waals surface area contributed by atoms with E-state index < -0.39 is 0 Å². The van der Waals surface area contributed by atoms with Crippen molar-refractivity contribution >= 4 is 16.9 Å². The molecule has 2 aromatic rings. The van der Waals surface area contributed by atoms with Crippen molar-refractivity contribution in [3.05, 3.63) is 35.6 Å². The number of hydrogen-bond acceptors (Lipinski definition) is 4. The molecule has 1 aromatic heterocycles. The highest BCUT2D eigenvalue weighted by Crippen LogP contribution is 2.22. The number of esters is 1. The van der Waals surface area contributed by atoms with Crippen LogP contribution in [-0.2, 0) is 22.6 Å². The summed E-state index contributed by atoms with van der Waals surface area (Å²) in [5.74, 6) is 0.165. The molecule has 0 radical (unpaired) electrons. The van der Waals surface area contributed by atoms with Gasteiger partial charge in [-0.3, -0.25) is 4.79 Å². The molecule has 4 heteroatoms. The van der Waals surface area contributed by atoms with Crippen molar-refractivity contribution in [1.82, 2.24) is 0 Å². The zero-order valence-corrected chi connectivity index (χ0v) is 10.5. The Morgan fingerprint density at radius 1 is 1.44 bits per heavy atom.